The van der Waals surface area contributed by atoms with Gasteiger partial charge in [0.05, 0.1) is 0 Å². The van der Waals surface area contributed by atoms with Gasteiger partial charge in [0.25, 0.3) is 5.91 Å². The van der Waals surface area contributed by atoms with Crippen molar-refractivity contribution in [3.05, 3.63) is 40.2 Å². The number of carbonyl (C=O) groups is 1. The molecule has 2 aliphatic carbocycles. The van der Waals surface area contributed by atoms with Gasteiger partial charge in [0.2, 0.25) is 5.13 Å². The van der Waals surface area contributed by atoms with Crippen LogP contribution in [0.5, 0.6) is 0 Å². The maximum Gasteiger partial charge on any atom is 0.257 e. The van der Waals surface area contributed by atoms with Crippen molar-refractivity contribution in [2.45, 2.75) is 63.1 Å². The number of carbonyl (C=O) groups excluding carboxylic acids is 1. The standard InChI is InChI=1S/C21H26FN5OS.2ClH/c1-12-25-26-21(29-12)24-20(28)18-10-13(22)2-5-16(18)17-11-19(17)23-14-6-8-27(9-7-14)15-3-4-15;;/h2,5,10,14-15,17,19,23H,3-4,6-9,11H2,1H3,(H,24,26,28);2*1H/t17-,19+;;/m0../s1. The number of hydrogen-bond acceptors (Lipinski definition) is 6. The summed E-state index contributed by atoms with van der Waals surface area (Å²) < 4.78 is 13.9. The minimum Gasteiger partial charge on any atom is -0.311 e. The molecule has 3 aliphatic rings. The molecule has 2 atom stereocenters. The van der Waals surface area contributed by atoms with Crippen LogP contribution in [-0.2, 0) is 0 Å². The monoisotopic (exact) mass is 487 g/mol. The van der Waals surface area contributed by atoms with E-state index in [-0.39, 0.29) is 36.6 Å². The quantitative estimate of drug-likeness (QED) is 0.640. The Morgan fingerprint density at radius 3 is 2.55 bits per heavy atom. The molecular weight excluding hydrogens is 460 g/mol. The Labute approximate surface area is 198 Å². The second-order valence-electron chi connectivity index (χ2n) is 8.47. The highest BCUT2D eigenvalue weighted by Gasteiger charge is 2.42. The van der Waals surface area contributed by atoms with Crippen molar-refractivity contribution >= 4 is 47.2 Å². The van der Waals surface area contributed by atoms with E-state index in [9.17, 15) is 9.18 Å². The number of hydrogen-bond donors (Lipinski definition) is 2. The van der Waals surface area contributed by atoms with Crippen LogP contribution in [0, 0.1) is 12.7 Å². The number of nitrogens with one attached hydrogen (secondary N) is 2. The third kappa shape index (κ3) is 5.73. The molecule has 2 saturated carbocycles. The zero-order valence-electron chi connectivity index (χ0n) is 17.3. The molecule has 5 rings (SSSR count). The van der Waals surface area contributed by atoms with Crippen molar-refractivity contribution in [1.29, 1.82) is 0 Å². The summed E-state index contributed by atoms with van der Waals surface area (Å²) >= 11 is 1.31. The number of aryl methyl sites for hydroxylation is 1. The summed E-state index contributed by atoms with van der Waals surface area (Å²) in [7, 11) is 0. The number of benzene rings is 1. The largest absolute Gasteiger partial charge is 0.311 e. The first-order valence-electron chi connectivity index (χ1n) is 10.5. The fourth-order valence-corrected chi connectivity index (χ4v) is 5.04. The first kappa shape index (κ1) is 24.3. The molecule has 0 spiro atoms. The molecule has 2 heterocycles. The third-order valence-corrected chi connectivity index (χ3v) is 6.99. The molecule has 31 heavy (non-hydrogen) atoms. The Morgan fingerprint density at radius 1 is 1.16 bits per heavy atom. The van der Waals surface area contributed by atoms with Crippen LogP contribution in [0.4, 0.5) is 9.52 Å². The van der Waals surface area contributed by atoms with Gasteiger partial charge in [-0.05, 0) is 69.8 Å². The van der Waals surface area contributed by atoms with E-state index in [1.807, 2.05) is 6.92 Å². The molecule has 2 aromatic rings. The maximum atomic E-state index is 13.9. The molecule has 10 heteroatoms. The fourth-order valence-electron chi connectivity index (χ4n) is 4.46. The number of halogens is 3. The Hall–Kier alpha value is -1.32. The van der Waals surface area contributed by atoms with Crippen LogP contribution in [0.25, 0.3) is 0 Å². The lowest BCUT2D eigenvalue weighted by Gasteiger charge is -2.32. The second-order valence-corrected chi connectivity index (χ2v) is 9.65. The van der Waals surface area contributed by atoms with E-state index < -0.39 is 5.82 Å². The molecule has 1 amide bonds. The van der Waals surface area contributed by atoms with E-state index in [1.165, 1.54) is 62.2 Å². The number of amides is 1. The average molecular weight is 488 g/mol. The van der Waals surface area contributed by atoms with Crippen LogP contribution in [0.15, 0.2) is 18.2 Å². The van der Waals surface area contributed by atoms with Crippen molar-refractivity contribution in [1.82, 2.24) is 20.4 Å². The summed E-state index contributed by atoms with van der Waals surface area (Å²) in [6.45, 7) is 4.20. The number of aromatic nitrogens is 2. The molecule has 1 saturated heterocycles. The summed E-state index contributed by atoms with van der Waals surface area (Å²) in [5.74, 6) is -0.460. The molecule has 1 aliphatic heterocycles. The number of anilines is 1. The predicted molar refractivity (Wildman–Crippen MR) is 125 cm³/mol. The molecular formula is C21H28Cl2FN5OS. The third-order valence-electron chi connectivity index (χ3n) is 6.24. The minimum absolute atomic E-state index is 0. The molecule has 0 unspecified atom stereocenters. The second kappa shape index (κ2) is 10.1. The van der Waals surface area contributed by atoms with Crippen LogP contribution >= 0.6 is 36.2 Å². The smallest absolute Gasteiger partial charge is 0.257 e. The highest BCUT2D eigenvalue weighted by molar-refractivity contribution is 7.15. The van der Waals surface area contributed by atoms with E-state index in [4.69, 9.17) is 0 Å². The Balaban J connectivity index is 0.00000136. The van der Waals surface area contributed by atoms with Crippen molar-refractivity contribution in [2.24, 2.45) is 0 Å². The summed E-state index contributed by atoms with van der Waals surface area (Å²) in [5, 5.41) is 15.6. The maximum absolute atomic E-state index is 13.9. The molecule has 0 bridgehead atoms. The Kier molecular flexibility index (Phi) is 7.91. The number of rotatable bonds is 6. The van der Waals surface area contributed by atoms with Gasteiger partial charge in [-0.15, -0.1) is 35.0 Å². The van der Waals surface area contributed by atoms with Gasteiger partial charge in [-0.1, -0.05) is 17.4 Å². The van der Waals surface area contributed by atoms with Gasteiger partial charge in [0.1, 0.15) is 10.8 Å². The highest BCUT2D eigenvalue weighted by Crippen LogP contribution is 2.43. The van der Waals surface area contributed by atoms with Gasteiger partial charge in [-0.2, -0.15) is 0 Å². The molecule has 6 nitrogen and oxygen atoms in total. The van der Waals surface area contributed by atoms with Crippen LogP contribution in [-0.4, -0.2) is 52.2 Å². The summed E-state index contributed by atoms with van der Waals surface area (Å²) in [6, 6.07) is 6.31. The van der Waals surface area contributed by atoms with E-state index in [2.05, 4.69) is 25.7 Å². The van der Waals surface area contributed by atoms with Gasteiger partial charge in [0, 0.05) is 29.6 Å². The Bertz CT molecular complexity index is 917. The number of likely N-dealkylation sites (tertiary alicyclic amines) is 1. The molecule has 0 radical (unpaired) electrons. The molecule has 1 aromatic heterocycles. The van der Waals surface area contributed by atoms with E-state index in [1.54, 1.807) is 6.07 Å². The topological polar surface area (TPSA) is 70.1 Å². The summed E-state index contributed by atoms with van der Waals surface area (Å²) in [5.41, 5.74) is 1.31. The van der Waals surface area contributed by atoms with Crippen LogP contribution < -0.4 is 10.6 Å². The zero-order valence-corrected chi connectivity index (χ0v) is 19.8. The van der Waals surface area contributed by atoms with Crippen molar-refractivity contribution in [2.75, 3.05) is 18.4 Å². The fraction of sp³-hybridized carbons (Fsp3) is 0.571. The van der Waals surface area contributed by atoms with Gasteiger partial charge in [-0.3, -0.25) is 10.1 Å². The molecule has 2 N–H and O–H groups in total. The van der Waals surface area contributed by atoms with E-state index in [0.717, 1.165) is 23.0 Å². The lowest BCUT2D eigenvalue weighted by Crippen LogP contribution is -2.44. The predicted octanol–water partition coefficient (Wildman–Crippen LogP) is 4.15. The van der Waals surface area contributed by atoms with Crippen LogP contribution in [0.1, 0.15) is 59.0 Å². The highest BCUT2D eigenvalue weighted by atomic mass is 35.5. The van der Waals surface area contributed by atoms with Crippen molar-refractivity contribution < 1.29 is 9.18 Å². The van der Waals surface area contributed by atoms with Gasteiger partial charge >= 0.3 is 0 Å². The van der Waals surface area contributed by atoms with Crippen molar-refractivity contribution in [3.63, 3.8) is 0 Å². The molecule has 3 fully saturated rings. The molecule has 170 valence electrons. The zero-order chi connectivity index (χ0) is 20.0. The van der Waals surface area contributed by atoms with Crippen molar-refractivity contribution in [3.8, 4) is 0 Å². The SMILES string of the molecule is Cc1nnc(NC(=O)c2cc(F)ccc2[C@@H]2C[C@H]2NC2CCN(C3CC3)CC2)s1.Cl.Cl. The minimum atomic E-state index is -0.398. The first-order chi connectivity index (χ1) is 14.1. The average Bonchev–Trinajstić information content (AvgIpc) is 3.63. The first-order valence-corrected chi connectivity index (χ1v) is 11.3. The Morgan fingerprint density at radius 2 is 1.90 bits per heavy atom. The van der Waals surface area contributed by atoms with Gasteiger partial charge < -0.3 is 10.2 Å². The van der Waals surface area contributed by atoms with E-state index in [0.29, 0.717) is 22.8 Å². The van der Waals surface area contributed by atoms with Gasteiger partial charge in [-0.25, -0.2) is 4.39 Å². The summed E-state index contributed by atoms with van der Waals surface area (Å²) in [4.78, 5) is 15.4. The normalized spacial score (nSPS) is 23.5. The molecule has 1 aromatic carbocycles. The van der Waals surface area contributed by atoms with Gasteiger partial charge in [0.15, 0.2) is 0 Å². The lowest BCUT2D eigenvalue weighted by molar-refractivity contribution is 0.102. The van der Waals surface area contributed by atoms with Crippen LogP contribution in [0.2, 0.25) is 0 Å². The number of nitrogens with zero attached hydrogens (tertiary/aromatic N) is 3. The lowest BCUT2D eigenvalue weighted by atomic mass is 10.0. The van der Waals surface area contributed by atoms with Crippen LogP contribution in [0.3, 0.4) is 0 Å². The number of piperidine rings is 1. The van der Waals surface area contributed by atoms with E-state index >= 15 is 0 Å². The summed E-state index contributed by atoms with van der Waals surface area (Å²) in [6.07, 6.45) is 6.11.